The first kappa shape index (κ1) is 15.1. The number of quaternary nitrogens is 1. The van der Waals surface area contributed by atoms with Crippen molar-refractivity contribution >= 4 is 11.5 Å². The zero-order chi connectivity index (χ0) is 16.7. The van der Waals surface area contributed by atoms with Crippen molar-refractivity contribution in [1.82, 2.24) is 14.6 Å². The Morgan fingerprint density at radius 1 is 1.04 bits per heavy atom. The second-order valence-corrected chi connectivity index (χ2v) is 6.76. The van der Waals surface area contributed by atoms with E-state index in [-0.39, 0.29) is 0 Å². The summed E-state index contributed by atoms with van der Waals surface area (Å²) in [6.07, 6.45) is 0. The van der Waals surface area contributed by atoms with Crippen LogP contribution in [0.5, 0.6) is 0 Å². The van der Waals surface area contributed by atoms with Gasteiger partial charge < -0.3 is 9.80 Å². The summed E-state index contributed by atoms with van der Waals surface area (Å²) in [5.41, 5.74) is 5.35. The van der Waals surface area contributed by atoms with Crippen LogP contribution in [-0.2, 0) is 0 Å². The van der Waals surface area contributed by atoms with Crippen molar-refractivity contribution in [1.29, 1.82) is 0 Å². The largest absolute Gasteiger partial charge is 0.345 e. The molecule has 4 rings (SSSR count). The van der Waals surface area contributed by atoms with Crippen molar-refractivity contribution < 1.29 is 4.90 Å². The van der Waals surface area contributed by atoms with Crippen molar-refractivity contribution in [3.63, 3.8) is 0 Å². The van der Waals surface area contributed by atoms with Crippen molar-refractivity contribution in [2.45, 2.75) is 13.8 Å². The van der Waals surface area contributed by atoms with Gasteiger partial charge >= 0.3 is 0 Å². The summed E-state index contributed by atoms with van der Waals surface area (Å²) in [5.74, 6) is 1.16. The van der Waals surface area contributed by atoms with E-state index >= 15 is 0 Å². The van der Waals surface area contributed by atoms with Gasteiger partial charge in [0, 0.05) is 17.3 Å². The Labute approximate surface area is 142 Å². The number of hydrogen-bond acceptors (Lipinski definition) is 3. The second kappa shape index (κ2) is 5.91. The van der Waals surface area contributed by atoms with Gasteiger partial charge in [-0.1, -0.05) is 30.3 Å². The number of piperazine rings is 1. The maximum Gasteiger partial charge on any atom is 0.165 e. The first-order valence-corrected chi connectivity index (χ1v) is 8.62. The fourth-order valence-electron chi connectivity index (χ4n) is 3.51. The highest BCUT2D eigenvalue weighted by Crippen LogP contribution is 2.30. The topological polar surface area (TPSA) is 37.9 Å². The summed E-state index contributed by atoms with van der Waals surface area (Å²) < 4.78 is 2.03. The Morgan fingerprint density at radius 3 is 2.46 bits per heavy atom. The third-order valence-electron chi connectivity index (χ3n) is 4.88. The molecule has 1 N–H and O–H groups in total. The zero-order valence-electron chi connectivity index (χ0n) is 14.6. The Bertz CT molecular complexity index is 860. The fourth-order valence-corrected chi connectivity index (χ4v) is 3.51. The highest BCUT2D eigenvalue weighted by atomic mass is 15.4. The molecule has 3 aromatic rings. The molecule has 0 radical (unpaired) electrons. The van der Waals surface area contributed by atoms with Crippen molar-refractivity contribution in [2.75, 3.05) is 38.1 Å². The average Bonchev–Trinajstić information content (AvgIpc) is 2.91. The van der Waals surface area contributed by atoms with Crippen molar-refractivity contribution in [3.8, 4) is 11.1 Å². The van der Waals surface area contributed by atoms with E-state index in [2.05, 4.69) is 56.1 Å². The van der Waals surface area contributed by atoms with Gasteiger partial charge in [0.25, 0.3) is 0 Å². The molecule has 1 aromatic carbocycles. The van der Waals surface area contributed by atoms with Crippen LogP contribution in [0.4, 0.5) is 5.82 Å². The Kier molecular flexibility index (Phi) is 3.73. The highest BCUT2D eigenvalue weighted by molar-refractivity contribution is 5.81. The third-order valence-corrected chi connectivity index (χ3v) is 4.88. The van der Waals surface area contributed by atoms with Crippen LogP contribution in [-0.4, -0.2) is 47.8 Å². The van der Waals surface area contributed by atoms with Gasteiger partial charge in [-0.15, -0.1) is 0 Å². The van der Waals surface area contributed by atoms with Gasteiger partial charge in [-0.3, -0.25) is 0 Å². The number of rotatable bonds is 2. The van der Waals surface area contributed by atoms with Gasteiger partial charge in [-0.25, -0.2) is 4.98 Å². The number of likely N-dealkylation sites (N-methyl/N-ethyl adjacent to an activating group) is 1. The van der Waals surface area contributed by atoms with E-state index in [1.807, 2.05) is 10.6 Å². The summed E-state index contributed by atoms with van der Waals surface area (Å²) in [6, 6.07) is 12.6. The Hall–Kier alpha value is -2.40. The molecule has 0 bridgehead atoms. The standard InChI is InChI=1S/C19H23N5/c1-14-13-17(23-11-9-22(3)10-12-23)24-19(20-14)18(15(2)21-24)16-7-5-4-6-8-16/h4-8,13H,9-12H2,1-3H3/p+1. The van der Waals surface area contributed by atoms with Crippen LogP contribution < -0.4 is 9.80 Å². The van der Waals surface area contributed by atoms with Crippen LogP contribution in [0.2, 0.25) is 0 Å². The van der Waals surface area contributed by atoms with E-state index in [0.29, 0.717) is 0 Å². The first-order chi connectivity index (χ1) is 11.6. The molecule has 124 valence electrons. The van der Waals surface area contributed by atoms with E-state index in [0.717, 1.165) is 54.6 Å². The van der Waals surface area contributed by atoms with E-state index in [1.54, 1.807) is 4.90 Å². The number of anilines is 1. The molecule has 0 unspecified atom stereocenters. The van der Waals surface area contributed by atoms with Crippen LogP contribution in [0.25, 0.3) is 16.8 Å². The van der Waals surface area contributed by atoms with E-state index in [1.165, 1.54) is 5.56 Å². The molecule has 0 spiro atoms. The Balaban J connectivity index is 1.88. The number of hydrogen-bond donors (Lipinski definition) is 1. The number of benzene rings is 1. The summed E-state index contributed by atoms with van der Waals surface area (Å²) >= 11 is 0. The molecular formula is C19H24N5+. The van der Waals surface area contributed by atoms with E-state index in [4.69, 9.17) is 10.1 Å². The molecule has 3 heterocycles. The highest BCUT2D eigenvalue weighted by Gasteiger charge is 2.22. The maximum absolute atomic E-state index is 4.83. The molecule has 24 heavy (non-hydrogen) atoms. The van der Waals surface area contributed by atoms with Crippen molar-refractivity contribution in [2.24, 2.45) is 0 Å². The summed E-state index contributed by atoms with van der Waals surface area (Å²) in [4.78, 5) is 8.84. The number of aryl methyl sites for hydroxylation is 2. The molecule has 0 saturated carbocycles. The fraction of sp³-hybridized carbons (Fsp3) is 0.368. The predicted molar refractivity (Wildman–Crippen MR) is 96.7 cm³/mol. The van der Waals surface area contributed by atoms with Crippen LogP contribution in [0, 0.1) is 13.8 Å². The van der Waals surface area contributed by atoms with Gasteiger partial charge in [-0.05, 0) is 19.4 Å². The maximum atomic E-state index is 4.83. The van der Waals surface area contributed by atoms with Gasteiger partial charge in [0.2, 0.25) is 0 Å². The SMILES string of the molecule is Cc1cc(N2CC[NH+](C)CC2)n2nc(C)c(-c3ccccc3)c2n1. The van der Waals surface area contributed by atoms with Gasteiger partial charge in [0.05, 0.1) is 38.9 Å². The third kappa shape index (κ3) is 2.55. The average molecular weight is 322 g/mol. The lowest BCUT2D eigenvalue weighted by Crippen LogP contribution is -3.12. The minimum Gasteiger partial charge on any atom is -0.345 e. The molecule has 5 heteroatoms. The lowest BCUT2D eigenvalue weighted by molar-refractivity contribution is -0.880. The molecule has 2 aromatic heterocycles. The summed E-state index contributed by atoms with van der Waals surface area (Å²) in [7, 11) is 2.26. The number of aromatic nitrogens is 3. The number of nitrogens with one attached hydrogen (secondary N) is 1. The lowest BCUT2D eigenvalue weighted by Gasteiger charge is -2.31. The molecule has 0 aliphatic carbocycles. The van der Waals surface area contributed by atoms with Gasteiger partial charge in [0.15, 0.2) is 5.65 Å². The molecule has 1 fully saturated rings. The number of fused-ring (bicyclic) bond motifs is 1. The van der Waals surface area contributed by atoms with Crippen LogP contribution in [0.1, 0.15) is 11.4 Å². The van der Waals surface area contributed by atoms with Crippen LogP contribution in [0.3, 0.4) is 0 Å². The van der Waals surface area contributed by atoms with Crippen LogP contribution in [0.15, 0.2) is 36.4 Å². The Morgan fingerprint density at radius 2 is 1.75 bits per heavy atom. The minimum absolute atomic E-state index is 0.958. The predicted octanol–water partition coefficient (Wildman–Crippen LogP) is 1.35. The molecule has 1 aliphatic heterocycles. The lowest BCUT2D eigenvalue weighted by atomic mass is 10.1. The molecular weight excluding hydrogens is 298 g/mol. The first-order valence-electron chi connectivity index (χ1n) is 8.62. The molecule has 1 aliphatic rings. The normalized spacial score (nSPS) is 16.0. The summed E-state index contributed by atoms with van der Waals surface area (Å²) in [6.45, 7) is 8.59. The molecule has 0 amide bonds. The summed E-state index contributed by atoms with van der Waals surface area (Å²) in [5, 5.41) is 4.83. The minimum atomic E-state index is 0.958. The van der Waals surface area contributed by atoms with Crippen LogP contribution >= 0.6 is 0 Å². The van der Waals surface area contributed by atoms with E-state index < -0.39 is 0 Å². The second-order valence-electron chi connectivity index (χ2n) is 6.76. The quantitative estimate of drug-likeness (QED) is 0.774. The molecule has 5 nitrogen and oxygen atoms in total. The molecule has 0 atom stereocenters. The van der Waals surface area contributed by atoms with Crippen molar-refractivity contribution in [3.05, 3.63) is 47.8 Å². The van der Waals surface area contributed by atoms with Gasteiger partial charge in [0.1, 0.15) is 5.82 Å². The van der Waals surface area contributed by atoms with Gasteiger partial charge in [-0.2, -0.15) is 9.61 Å². The zero-order valence-corrected chi connectivity index (χ0v) is 14.6. The van der Waals surface area contributed by atoms with E-state index in [9.17, 15) is 0 Å². The smallest absolute Gasteiger partial charge is 0.165 e. The molecule has 1 saturated heterocycles. The number of nitrogens with zero attached hydrogens (tertiary/aromatic N) is 4. The monoisotopic (exact) mass is 322 g/mol.